The Morgan fingerprint density at radius 2 is 1.52 bits per heavy atom. The van der Waals surface area contributed by atoms with Crippen molar-refractivity contribution in [3.05, 3.63) is 69.7 Å². The number of hydrogen-bond acceptors (Lipinski definition) is 2. The molecule has 0 aliphatic heterocycles. The van der Waals surface area contributed by atoms with E-state index in [0.29, 0.717) is 11.1 Å². The molecule has 0 radical (unpaired) electrons. The first kappa shape index (κ1) is 19.2. The highest BCUT2D eigenvalue weighted by Crippen LogP contribution is 2.29. The summed E-state index contributed by atoms with van der Waals surface area (Å²) in [5, 5.41) is 2.59. The van der Waals surface area contributed by atoms with Crippen molar-refractivity contribution in [2.45, 2.75) is 25.6 Å². The Morgan fingerprint density at radius 1 is 0.920 bits per heavy atom. The normalized spacial score (nSPS) is 11.2. The van der Waals surface area contributed by atoms with Crippen molar-refractivity contribution in [3.8, 4) is 0 Å². The molecular formula is C18H15BrF3NO2. The highest BCUT2D eigenvalue weighted by Gasteiger charge is 2.29. The van der Waals surface area contributed by atoms with Crippen LogP contribution in [0.25, 0.3) is 0 Å². The van der Waals surface area contributed by atoms with Crippen molar-refractivity contribution in [1.29, 1.82) is 0 Å². The lowest BCUT2D eigenvalue weighted by molar-refractivity contribution is -0.137. The number of carbonyl (C=O) groups excluding carboxylic acids is 2. The average Bonchev–Trinajstić information content (AvgIpc) is 2.58. The zero-order valence-electron chi connectivity index (χ0n) is 13.1. The van der Waals surface area contributed by atoms with Crippen LogP contribution in [-0.2, 0) is 17.5 Å². The Labute approximate surface area is 151 Å². The van der Waals surface area contributed by atoms with Gasteiger partial charge in [-0.05, 0) is 29.8 Å². The summed E-state index contributed by atoms with van der Waals surface area (Å²) in [4.78, 5) is 23.7. The van der Waals surface area contributed by atoms with Crippen LogP contribution in [0.5, 0.6) is 0 Å². The van der Waals surface area contributed by atoms with E-state index in [0.717, 1.165) is 16.6 Å². The number of nitrogens with one attached hydrogen (secondary N) is 1. The van der Waals surface area contributed by atoms with Gasteiger partial charge < -0.3 is 5.32 Å². The molecule has 2 aromatic rings. The summed E-state index contributed by atoms with van der Waals surface area (Å²) in [6, 6.07) is 11.4. The predicted octanol–water partition coefficient (Wildman–Crippen LogP) is 4.75. The first-order valence-corrected chi connectivity index (χ1v) is 8.26. The highest BCUT2D eigenvalue weighted by molar-refractivity contribution is 9.10. The molecule has 0 spiro atoms. The summed E-state index contributed by atoms with van der Waals surface area (Å²) in [5.41, 5.74) is 0.349. The van der Waals surface area contributed by atoms with Crippen LogP contribution in [0.2, 0.25) is 0 Å². The predicted molar refractivity (Wildman–Crippen MR) is 91.0 cm³/mol. The highest BCUT2D eigenvalue weighted by atomic mass is 79.9. The van der Waals surface area contributed by atoms with E-state index in [1.165, 1.54) is 12.1 Å². The number of ketones is 1. The number of hydrogen-bond donors (Lipinski definition) is 1. The third-order valence-electron chi connectivity index (χ3n) is 3.52. The van der Waals surface area contributed by atoms with E-state index in [4.69, 9.17) is 0 Å². The summed E-state index contributed by atoms with van der Waals surface area (Å²) >= 11 is 3.28. The Hall–Kier alpha value is -2.15. The zero-order valence-corrected chi connectivity index (χ0v) is 14.7. The minimum absolute atomic E-state index is 0.0233. The number of benzene rings is 2. The molecule has 3 nitrogen and oxygen atoms in total. The van der Waals surface area contributed by atoms with Gasteiger partial charge in [-0.3, -0.25) is 9.59 Å². The standard InChI is InChI=1S/C18H15BrF3NO2/c19-15-7-3-13(4-8-15)16(24)9-10-17(25)23-11-12-1-5-14(6-2-12)18(20,21)22/h1-8H,9-11H2,(H,23,25). The van der Waals surface area contributed by atoms with Gasteiger partial charge in [0.1, 0.15) is 0 Å². The van der Waals surface area contributed by atoms with Gasteiger partial charge >= 0.3 is 6.18 Å². The second-order valence-corrected chi connectivity index (χ2v) is 6.32. The molecule has 0 heterocycles. The zero-order chi connectivity index (χ0) is 18.4. The van der Waals surface area contributed by atoms with Gasteiger partial charge in [0.15, 0.2) is 5.78 Å². The number of amides is 1. The molecule has 132 valence electrons. The molecule has 0 aliphatic carbocycles. The van der Waals surface area contributed by atoms with Gasteiger partial charge in [0.25, 0.3) is 0 Å². The number of halogens is 4. The van der Waals surface area contributed by atoms with Crippen molar-refractivity contribution >= 4 is 27.6 Å². The molecule has 25 heavy (non-hydrogen) atoms. The Morgan fingerprint density at radius 3 is 2.08 bits per heavy atom. The third-order valence-corrected chi connectivity index (χ3v) is 4.04. The van der Waals surface area contributed by atoms with Gasteiger partial charge in [-0.2, -0.15) is 13.2 Å². The maximum Gasteiger partial charge on any atom is 0.416 e. The smallest absolute Gasteiger partial charge is 0.352 e. The number of Topliss-reactive ketones (excluding diaryl/α,β-unsaturated/α-hetero) is 1. The van der Waals surface area contributed by atoms with Crippen molar-refractivity contribution in [2.24, 2.45) is 0 Å². The fourth-order valence-corrected chi connectivity index (χ4v) is 2.37. The van der Waals surface area contributed by atoms with Crippen LogP contribution in [0.4, 0.5) is 13.2 Å². The van der Waals surface area contributed by atoms with Crippen LogP contribution < -0.4 is 5.32 Å². The first-order valence-electron chi connectivity index (χ1n) is 7.47. The van der Waals surface area contributed by atoms with Gasteiger partial charge in [-0.1, -0.05) is 40.2 Å². The average molecular weight is 414 g/mol. The number of alkyl halides is 3. The molecule has 0 saturated carbocycles. The molecule has 0 atom stereocenters. The third kappa shape index (κ3) is 6.01. The summed E-state index contributed by atoms with van der Waals surface area (Å²) in [6.45, 7) is 0.115. The fraction of sp³-hybridized carbons (Fsp3) is 0.222. The van der Waals surface area contributed by atoms with E-state index in [-0.39, 0.29) is 31.1 Å². The second kappa shape index (κ2) is 8.29. The van der Waals surface area contributed by atoms with E-state index < -0.39 is 11.7 Å². The summed E-state index contributed by atoms with van der Waals surface area (Å²) in [5.74, 6) is -0.470. The van der Waals surface area contributed by atoms with E-state index >= 15 is 0 Å². The second-order valence-electron chi connectivity index (χ2n) is 5.40. The van der Waals surface area contributed by atoms with Crippen molar-refractivity contribution < 1.29 is 22.8 Å². The summed E-state index contributed by atoms with van der Waals surface area (Å²) in [7, 11) is 0. The maximum atomic E-state index is 12.5. The molecule has 0 unspecified atom stereocenters. The lowest BCUT2D eigenvalue weighted by Gasteiger charge is -2.08. The Balaban J connectivity index is 1.79. The quantitative estimate of drug-likeness (QED) is 0.694. The van der Waals surface area contributed by atoms with Crippen LogP contribution in [0.1, 0.15) is 34.3 Å². The molecule has 7 heteroatoms. The van der Waals surface area contributed by atoms with Gasteiger partial charge in [0, 0.05) is 29.4 Å². The lowest BCUT2D eigenvalue weighted by atomic mass is 10.1. The van der Waals surface area contributed by atoms with E-state index in [9.17, 15) is 22.8 Å². The Kier molecular flexibility index (Phi) is 6.36. The minimum Gasteiger partial charge on any atom is -0.352 e. The monoisotopic (exact) mass is 413 g/mol. The molecule has 1 amide bonds. The van der Waals surface area contributed by atoms with E-state index in [2.05, 4.69) is 21.2 Å². The number of carbonyl (C=O) groups is 2. The molecule has 0 bridgehead atoms. The first-order chi connectivity index (χ1) is 11.8. The topological polar surface area (TPSA) is 46.2 Å². The van der Waals surface area contributed by atoms with Crippen molar-refractivity contribution in [2.75, 3.05) is 0 Å². The summed E-state index contributed by atoms with van der Waals surface area (Å²) in [6.07, 6.45) is -4.29. The van der Waals surface area contributed by atoms with Crippen LogP contribution >= 0.6 is 15.9 Å². The summed E-state index contributed by atoms with van der Waals surface area (Å²) < 4.78 is 38.3. The van der Waals surface area contributed by atoms with Gasteiger partial charge in [-0.25, -0.2) is 0 Å². The van der Waals surface area contributed by atoms with Gasteiger partial charge in [0.05, 0.1) is 5.56 Å². The number of rotatable bonds is 6. The Bertz CT molecular complexity index is 740. The molecule has 2 rings (SSSR count). The van der Waals surface area contributed by atoms with Crippen molar-refractivity contribution in [3.63, 3.8) is 0 Å². The van der Waals surface area contributed by atoms with Crippen LogP contribution in [0, 0.1) is 0 Å². The molecule has 0 fully saturated rings. The van der Waals surface area contributed by atoms with E-state index in [1.807, 2.05) is 0 Å². The largest absolute Gasteiger partial charge is 0.416 e. The van der Waals surface area contributed by atoms with Gasteiger partial charge in [-0.15, -0.1) is 0 Å². The fourth-order valence-electron chi connectivity index (χ4n) is 2.11. The van der Waals surface area contributed by atoms with Crippen molar-refractivity contribution in [1.82, 2.24) is 5.32 Å². The van der Waals surface area contributed by atoms with Crippen LogP contribution in [0.3, 0.4) is 0 Å². The van der Waals surface area contributed by atoms with E-state index in [1.54, 1.807) is 24.3 Å². The lowest BCUT2D eigenvalue weighted by Crippen LogP contribution is -2.23. The molecule has 1 N–H and O–H groups in total. The molecule has 0 aliphatic rings. The molecule has 0 saturated heterocycles. The minimum atomic E-state index is -4.38. The maximum absolute atomic E-state index is 12.5. The molecular weight excluding hydrogens is 399 g/mol. The van der Waals surface area contributed by atoms with Crippen LogP contribution in [-0.4, -0.2) is 11.7 Å². The molecule has 2 aromatic carbocycles. The SMILES string of the molecule is O=C(CCC(=O)c1ccc(Br)cc1)NCc1ccc(C(F)(F)F)cc1. The molecule has 0 aromatic heterocycles. The van der Waals surface area contributed by atoms with Crippen LogP contribution in [0.15, 0.2) is 53.0 Å². The van der Waals surface area contributed by atoms with Gasteiger partial charge in [0.2, 0.25) is 5.91 Å².